The quantitative estimate of drug-likeness (QED) is 0.626. The molecule has 2 rings (SSSR count). The van der Waals surface area contributed by atoms with Gasteiger partial charge in [-0.1, -0.05) is 0 Å². The maximum Gasteiger partial charge on any atom is 0.0815 e. The van der Waals surface area contributed by atoms with Gasteiger partial charge in [-0.2, -0.15) is 0 Å². The molecule has 4 nitrogen and oxygen atoms in total. The fraction of sp³-hybridized carbons (Fsp3) is 1.00. The Balaban J connectivity index is 1.71. The number of aliphatic hydroxyl groups is 1. The Morgan fingerprint density at radius 1 is 1.23 bits per heavy atom. The van der Waals surface area contributed by atoms with Gasteiger partial charge in [-0.25, -0.2) is 0 Å². The van der Waals surface area contributed by atoms with E-state index in [1.807, 2.05) is 0 Å². The first kappa shape index (κ1) is 9.40. The minimum absolute atomic E-state index is 0.451. The lowest BCUT2D eigenvalue weighted by atomic mass is 9.94. The van der Waals surface area contributed by atoms with Gasteiger partial charge in [0, 0.05) is 32.6 Å². The second kappa shape index (κ2) is 3.92. The van der Waals surface area contributed by atoms with E-state index in [0.717, 1.165) is 26.1 Å². The zero-order valence-corrected chi connectivity index (χ0v) is 7.79. The molecule has 0 aromatic carbocycles. The number of ether oxygens (including phenoxy) is 2. The summed E-state index contributed by atoms with van der Waals surface area (Å²) in [4.78, 5) is 0. The van der Waals surface area contributed by atoms with Crippen molar-refractivity contribution in [2.24, 2.45) is 0 Å². The highest BCUT2D eigenvalue weighted by Gasteiger charge is 2.31. The average Bonchev–Trinajstić information content (AvgIpc) is 2.02. The molecule has 0 bridgehead atoms. The van der Waals surface area contributed by atoms with E-state index in [9.17, 15) is 5.11 Å². The molecule has 2 heterocycles. The summed E-state index contributed by atoms with van der Waals surface area (Å²) in [6, 6.07) is 0.451. The Bertz CT molecular complexity index is 164. The topological polar surface area (TPSA) is 50.7 Å². The molecule has 0 atom stereocenters. The van der Waals surface area contributed by atoms with Gasteiger partial charge in [-0.05, 0) is 0 Å². The fourth-order valence-electron chi connectivity index (χ4n) is 1.62. The first-order chi connectivity index (χ1) is 6.29. The van der Waals surface area contributed by atoms with Crippen molar-refractivity contribution in [3.63, 3.8) is 0 Å². The summed E-state index contributed by atoms with van der Waals surface area (Å²) in [5, 5.41) is 13.4. The van der Waals surface area contributed by atoms with Crippen LogP contribution in [0.4, 0.5) is 0 Å². The highest BCUT2D eigenvalue weighted by molar-refractivity contribution is 4.86. The summed E-state index contributed by atoms with van der Waals surface area (Å²) >= 11 is 0. The van der Waals surface area contributed by atoms with E-state index in [4.69, 9.17) is 9.47 Å². The Labute approximate surface area is 78.2 Å². The third-order valence-corrected chi connectivity index (χ3v) is 2.78. The van der Waals surface area contributed by atoms with Crippen molar-refractivity contribution in [3.05, 3.63) is 0 Å². The number of hydrogen-bond acceptors (Lipinski definition) is 4. The second-order valence-electron chi connectivity index (χ2n) is 3.95. The first-order valence-electron chi connectivity index (χ1n) is 4.90. The molecule has 0 spiro atoms. The lowest BCUT2D eigenvalue weighted by Crippen LogP contribution is -2.53. The molecule has 0 aromatic rings. The molecular formula is C9H17NO3. The zero-order chi connectivity index (χ0) is 9.15. The van der Waals surface area contributed by atoms with Crippen LogP contribution in [0.15, 0.2) is 0 Å². The molecular weight excluding hydrogens is 170 g/mol. The standard InChI is InChI=1S/C9H17NO3/c11-9(1-3-12-4-2-9)7-10-8-5-13-6-8/h8,10-11H,1-7H2. The van der Waals surface area contributed by atoms with Crippen LogP contribution < -0.4 is 5.32 Å². The van der Waals surface area contributed by atoms with Crippen LogP contribution in [0.2, 0.25) is 0 Å². The van der Waals surface area contributed by atoms with Crippen LogP contribution in [0.3, 0.4) is 0 Å². The predicted molar refractivity (Wildman–Crippen MR) is 47.6 cm³/mol. The Morgan fingerprint density at radius 3 is 2.46 bits per heavy atom. The van der Waals surface area contributed by atoms with Gasteiger partial charge in [-0.15, -0.1) is 0 Å². The molecule has 2 aliphatic heterocycles. The number of rotatable bonds is 3. The van der Waals surface area contributed by atoms with Crippen LogP contribution in [0.5, 0.6) is 0 Å². The van der Waals surface area contributed by atoms with Gasteiger partial charge < -0.3 is 19.9 Å². The van der Waals surface area contributed by atoms with Crippen LogP contribution in [0, 0.1) is 0 Å². The Hall–Kier alpha value is -0.160. The molecule has 0 unspecified atom stereocenters. The van der Waals surface area contributed by atoms with Crippen LogP contribution in [0.1, 0.15) is 12.8 Å². The van der Waals surface area contributed by atoms with Gasteiger partial charge in [0.05, 0.1) is 24.9 Å². The molecule has 0 aromatic heterocycles. The summed E-state index contributed by atoms with van der Waals surface area (Å²) in [5.41, 5.74) is -0.548. The van der Waals surface area contributed by atoms with Gasteiger partial charge >= 0.3 is 0 Å². The van der Waals surface area contributed by atoms with E-state index in [2.05, 4.69) is 5.32 Å². The summed E-state index contributed by atoms with van der Waals surface area (Å²) < 4.78 is 10.2. The van der Waals surface area contributed by atoms with Crippen LogP contribution in [-0.4, -0.2) is 49.7 Å². The molecule has 0 radical (unpaired) electrons. The second-order valence-corrected chi connectivity index (χ2v) is 3.95. The van der Waals surface area contributed by atoms with Crippen molar-refractivity contribution >= 4 is 0 Å². The molecule has 13 heavy (non-hydrogen) atoms. The largest absolute Gasteiger partial charge is 0.388 e. The van der Waals surface area contributed by atoms with E-state index in [1.165, 1.54) is 0 Å². The van der Waals surface area contributed by atoms with Crippen molar-refractivity contribution in [2.75, 3.05) is 33.0 Å². The molecule has 2 fully saturated rings. The van der Waals surface area contributed by atoms with Crippen LogP contribution >= 0.6 is 0 Å². The van der Waals surface area contributed by atoms with E-state index in [-0.39, 0.29) is 0 Å². The lowest BCUT2D eigenvalue weighted by molar-refractivity contribution is -0.0731. The Kier molecular flexibility index (Phi) is 2.83. The maximum atomic E-state index is 10.1. The summed E-state index contributed by atoms with van der Waals surface area (Å²) in [5.74, 6) is 0. The van der Waals surface area contributed by atoms with Crippen LogP contribution in [0.25, 0.3) is 0 Å². The molecule has 0 saturated carbocycles. The monoisotopic (exact) mass is 187 g/mol. The number of hydrogen-bond donors (Lipinski definition) is 2. The minimum atomic E-state index is -0.548. The molecule has 2 N–H and O–H groups in total. The smallest absolute Gasteiger partial charge is 0.0815 e. The summed E-state index contributed by atoms with van der Waals surface area (Å²) in [7, 11) is 0. The van der Waals surface area contributed by atoms with E-state index >= 15 is 0 Å². The van der Waals surface area contributed by atoms with Crippen LogP contribution in [-0.2, 0) is 9.47 Å². The predicted octanol–water partition coefficient (Wildman–Crippen LogP) is -0.484. The maximum absolute atomic E-state index is 10.1. The third kappa shape index (κ3) is 2.40. The minimum Gasteiger partial charge on any atom is -0.388 e. The van der Waals surface area contributed by atoms with E-state index in [1.54, 1.807) is 0 Å². The van der Waals surface area contributed by atoms with Gasteiger partial charge in [0.25, 0.3) is 0 Å². The van der Waals surface area contributed by atoms with Gasteiger partial charge in [0.15, 0.2) is 0 Å². The zero-order valence-electron chi connectivity index (χ0n) is 7.79. The Morgan fingerprint density at radius 2 is 1.92 bits per heavy atom. The fourth-order valence-corrected chi connectivity index (χ4v) is 1.62. The lowest BCUT2D eigenvalue weighted by Gasteiger charge is -2.35. The van der Waals surface area contributed by atoms with Crippen molar-refractivity contribution in [3.8, 4) is 0 Å². The van der Waals surface area contributed by atoms with Gasteiger partial charge in [0.2, 0.25) is 0 Å². The van der Waals surface area contributed by atoms with E-state index < -0.39 is 5.60 Å². The highest BCUT2D eigenvalue weighted by Crippen LogP contribution is 2.19. The molecule has 2 saturated heterocycles. The van der Waals surface area contributed by atoms with Gasteiger partial charge in [0.1, 0.15) is 0 Å². The third-order valence-electron chi connectivity index (χ3n) is 2.78. The molecule has 0 amide bonds. The number of nitrogens with one attached hydrogen (secondary N) is 1. The molecule has 2 aliphatic rings. The summed E-state index contributed by atoms with van der Waals surface area (Å²) in [6.45, 7) is 3.60. The average molecular weight is 187 g/mol. The normalized spacial score (nSPS) is 28.4. The molecule has 4 heteroatoms. The van der Waals surface area contributed by atoms with Gasteiger partial charge in [-0.3, -0.25) is 0 Å². The van der Waals surface area contributed by atoms with E-state index in [0.29, 0.717) is 25.8 Å². The van der Waals surface area contributed by atoms with Crippen molar-refractivity contribution in [1.82, 2.24) is 5.32 Å². The molecule has 0 aliphatic carbocycles. The van der Waals surface area contributed by atoms with Crippen molar-refractivity contribution in [2.45, 2.75) is 24.5 Å². The van der Waals surface area contributed by atoms with Crippen molar-refractivity contribution < 1.29 is 14.6 Å². The SMILES string of the molecule is OC1(CNC2COC2)CCOCC1. The highest BCUT2D eigenvalue weighted by atomic mass is 16.5. The molecule has 76 valence electrons. The summed E-state index contributed by atoms with van der Waals surface area (Å²) in [6.07, 6.45) is 1.49. The first-order valence-corrected chi connectivity index (χ1v) is 4.90. The van der Waals surface area contributed by atoms with Crippen molar-refractivity contribution in [1.29, 1.82) is 0 Å².